The third kappa shape index (κ3) is 7.80. The van der Waals surface area contributed by atoms with E-state index in [-0.39, 0.29) is 29.0 Å². The third-order valence-corrected chi connectivity index (χ3v) is 6.17. The van der Waals surface area contributed by atoms with Crippen molar-refractivity contribution in [1.82, 2.24) is 5.32 Å². The molecule has 0 amide bonds. The second kappa shape index (κ2) is 12.0. The van der Waals surface area contributed by atoms with Crippen LogP contribution in [0.1, 0.15) is 59.1 Å². The summed E-state index contributed by atoms with van der Waals surface area (Å²) >= 11 is 0. The maximum Gasteiger partial charge on any atom is 0.147 e. The molecule has 0 fully saturated rings. The Bertz CT molecular complexity index is 1100. The van der Waals surface area contributed by atoms with Gasteiger partial charge in [-0.3, -0.25) is 0 Å². The fraction of sp³-hybridized carbons (Fsp3) is 0.400. The molecule has 0 heterocycles. The molecule has 0 aliphatic carbocycles. The van der Waals surface area contributed by atoms with E-state index in [0.29, 0.717) is 16.9 Å². The van der Waals surface area contributed by atoms with Crippen LogP contribution in [0, 0.1) is 11.2 Å². The monoisotopic (exact) mass is 493 g/mol. The number of nitrogens with one attached hydrogen (secondary N) is 3. The highest BCUT2D eigenvalue weighted by atomic mass is 19.1. The van der Waals surface area contributed by atoms with Crippen molar-refractivity contribution in [2.45, 2.75) is 60.0 Å². The molecule has 0 saturated carbocycles. The first kappa shape index (κ1) is 28.8. The zero-order valence-corrected chi connectivity index (χ0v) is 23.1. The number of nitrogens with two attached hydrogens (primary N) is 1. The highest BCUT2D eigenvalue weighted by molar-refractivity contribution is 5.81. The van der Waals surface area contributed by atoms with E-state index in [1.165, 1.54) is 6.07 Å². The number of hydrogen-bond acceptors (Lipinski definition) is 5. The Kier molecular flexibility index (Phi) is 9.62. The van der Waals surface area contributed by atoms with Crippen molar-refractivity contribution >= 4 is 34.5 Å². The highest BCUT2D eigenvalue weighted by Gasteiger charge is 2.19. The summed E-state index contributed by atoms with van der Waals surface area (Å²) in [5.74, 6) is -0.388. The van der Waals surface area contributed by atoms with E-state index in [1.54, 1.807) is 6.07 Å². The SMILES string of the molecule is C=Cc1cc(Nc2cc(NC(C)[C@H](C)NC(=C)CC(C)(C)C)c(F)cc2C(=C)N)ccc1N(C)CC. The number of nitrogens with zero attached hydrogens (tertiary/aromatic N) is 1. The Balaban J connectivity index is 2.31. The van der Waals surface area contributed by atoms with Crippen molar-refractivity contribution in [1.29, 1.82) is 0 Å². The summed E-state index contributed by atoms with van der Waals surface area (Å²) < 4.78 is 15.1. The number of benzene rings is 2. The zero-order chi connectivity index (χ0) is 27.2. The van der Waals surface area contributed by atoms with Crippen LogP contribution >= 0.6 is 0 Å². The topological polar surface area (TPSA) is 65.3 Å². The van der Waals surface area contributed by atoms with Crippen molar-refractivity contribution in [2.24, 2.45) is 11.1 Å². The molecule has 2 rings (SSSR count). The van der Waals surface area contributed by atoms with Gasteiger partial charge in [-0.05, 0) is 68.5 Å². The number of anilines is 4. The van der Waals surface area contributed by atoms with Gasteiger partial charge < -0.3 is 26.6 Å². The van der Waals surface area contributed by atoms with Crippen LogP contribution in [-0.2, 0) is 0 Å². The van der Waals surface area contributed by atoms with Crippen LogP contribution < -0.4 is 26.6 Å². The minimum atomic E-state index is -0.388. The fourth-order valence-corrected chi connectivity index (χ4v) is 4.03. The predicted molar refractivity (Wildman–Crippen MR) is 157 cm³/mol. The predicted octanol–water partition coefficient (Wildman–Crippen LogP) is 7.33. The Morgan fingerprint density at radius 3 is 2.33 bits per heavy atom. The second-order valence-electron chi connectivity index (χ2n) is 10.7. The summed E-state index contributed by atoms with van der Waals surface area (Å²) in [6.45, 7) is 25.5. The summed E-state index contributed by atoms with van der Waals surface area (Å²) in [7, 11) is 2.04. The third-order valence-electron chi connectivity index (χ3n) is 6.17. The summed E-state index contributed by atoms with van der Waals surface area (Å²) in [5, 5.41) is 10.2. The van der Waals surface area contributed by atoms with Gasteiger partial charge in [0, 0.05) is 54.0 Å². The van der Waals surface area contributed by atoms with Crippen molar-refractivity contribution in [2.75, 3.05) is 29.1 Å². The number of rotatable bonds is 12. The lowest BCUT2D eigenvalue weighted by atomic mass is 9.90. The largest absolute Gasteiger partial charge is 0.399 e. The molecule has 2 aromatic rings. The number of halogens is 1. The van der Waals surface area contributed by atoms with Crippen LogP contribution in [0.2, 0.25) is 0 Å². The average molecular weight is 494 g/mol. The number of hydrogen-bond donors (Lipinski definition) is 4. The molecule has 36 heavy (non-hydrogen) atoms. The van der Waals surface area contributed by atoms with E-state index in [2.05, 4.69) is 75.2 Å². The van der Waals surface area contributed by atoms with Gasteiger partial charge in [0.1, 0.15) is 5.82 Å². The molecule has 0 bridgehead atoms. The van der Waals surface area contributed by atoms with Gasteiger partial charge in [-0.25, -0.2) is 4.39 Å². The molecule has 1 unspecified atom stereocenters. The van der Waals surface area contributed by atoms with E-state index < -0.39 is 0 Å². The standard InChI is InChI=1S/C30H44FN5/c1-11-23-15-24(13-14-29(23)36(10)12-2)35-27-17-28(26(31)16-25(27)20(4)32)34-22(6)21(5)33-19(3)18-30(7,8)9/h11,13-17,21-22,33-35H,1,3-4,12,18,32H2,2,5-10H3/t21-,22?/m0/s1. The normalized spacial score (nSPS) is 12.9. The van der Waals surface area contributed by atoms with E-state index in [0.717, 1.165) is 35.6 Å². The van der Waals surface area contributed by atoms with Crippen LogP contribution in [-0.4, -0.2) is 25.7 Å². The Hall–Kier alpha value is -3.41. The maximum atomic E-state index is 15.1. The zero-order valence-electron chi connectivity index (χ0n) is 23.1. The molecule has 2 aromatic carbocycles. The van der Waals surface area contributed by atoms with Gasteiger partial charge in [0.2, 0.25) is 0 Å². The summed E-state index contributed by atoms with van der Waals surface area (Å²) in [4.78, 5) is 2.15. The van der Waals surface area contributed by atoms with Crippen LogP contribution in [0.3, 0.4) is 0 Å². The van der Waals surface area contributed by atoms with Gasteiger partial charge in [-0.15, -0.1) is 0 Å². The lowest BCUT2D eigenvalue weighted by Crippen LogP contribution is -2.40. The molecular formula is C30H44FN5. The molecule has 0 aliphatic rings. The quantitative estimate of drug-likeness (QED) is 0.249. The van der Waals surface area contributed by atoms with Gasteiger partial charge in [0.15, 0.2) is 0 Å². The van der Waals surface area contributed by atoms with Crippen LogP contribution in [0.25, 0.3) is 11.8 Å². The molecule has 0 saturated heterocycles. The highest BCUT2D eigenvalue weighted by Crippen LogP contribution is 2.32. The van der Waals surface area contributed by atoms with E-state index >= 15 is 4.39 Å². The van der Waals surface area contributed by atoms with E-state index in [4.69, 9.17) is 5.73 Å². The Labute approximate surface area is 217 Å². The first-order valence-electron chi connectivity index (χ1n) is 12.5. The molecular weight excluding hydrogens is 449 g/mol. The molecule has 2 atom stereocenters. The minimum Gasteiger partial charge on any atom is -0.399 e. The Morgan fingerprint density at radius 2 is 1.78 bits per heavy atom. The lowest BCUT2D eigenvalue weighted by Gasteiger charge is -2.28. The summed E-state index contributed by atoms with van der Waals surface area (Å²) in [6, 6.07) is 9.19. The van der Waals surface area contributed by atoms with Crippen LogP contribution in [0.4, 0.5) is 27.1 Å². The molecule has 0 radical (unpaired) electrons. The fourth-order valence-electron chi connectivity index (χ4n) is 4.03. The summed E-state index contributed by atoms with van der Waals surface area (Å²) in [5.41, 5.74) is 11.9. The van der Waals surface area contributed by atoms with Gasteiger partial charge in [-0.2, -0.15) is 0 Å². The Morgan fingerprint density at radius 1 is 1.11 bits per heavy atom. The second-order valence-corrected chi connectivity index (χ2v) is 10.7. The van der Waals surface area contributed by atoms with Crippen molar-refractivity contribution < 1.29 is 4.39 Å². The molecule has 5 nitrogen and oxygen atoms in total. The first-order chi connectivity index (χ1) is 16.7. The van der Waals surface area contributed by atoms with Gasteiger partial charge in [0.05, 0.1) is 11.4 Å². The summed E-state index contributed by atoms with van der Waals surface area (Å²) in [6.07, 6.45) is 2.69. The van der Waals surface area contributed by atoms with Crippen LogP contribution in [0.15, 0.2) is 55.8 Å². The van der Waals surface area contributed by atoms with Crippen LogP contribution in [0.5, 0.6) is 0 Å². The van der Waals surface area contributed by atoms with E-state index in [1.807, 2.05) is 38.2 Å². The molecule has 196 valence electrons. The number of allylic oxidation sites excluding steroid dienone is 1. The smallest absolute Gasteiger partial charge is 0.147 e. The van der Waals surface area contributed by atoms with Crippen molar-refractivity contribution in [3.8, 4) is 0 Å². The molecule has 0 aliphatic heterocycles. The van der Waals surface area contributed by atoms with Gasteiger partial charge in [0.25, 0.3) is 0 Å². The van der Waals surface area contributed by atoms with E-state index in [9.17, 15) is 0 Å². The minimum absolute atomic E-state index is 0.0399. The molecule has 6 heteroatoms. The first-order valence-corrected chi connectivity index (χ1v) is 12.5. The van der Waals surface area contributed by atoms with Crippen molar-refractivity contribution in [3.63, 3.8) is 0 Å². The lowest BCUT2D eigenvalue weighted by molar-refractivity contribution is 0.388. The molecule has 0 spiro atoms. The van der Waals surface area contributed by atoms with Gasteiger partial charge >= 0.3 is 0 Å². The van der Waals surface area contributed by atoms with Gasteiger partial charge in [-0.1, -0.05) is 46.6 Å². The average Bonchev–Trinajstić information content (AvgIpc) is 2.78. The maximum absolute atomic E-state index is 15.1. The molecule has 5 N–H and O–H groups in total. The molecule has 0 aromatic heterocycles. The van der Waals surface area contributed by atoms with Crippen molar-refractivity contribution in [3.05, 3.63) is 72.7 Å².